The van der Waals surface area contributed by atoms with E-state index in [0.29, 0.717) is 6.04 Å². The van der Waals surface area contributed by atoms with Crippen LogP contribution in [0.4, 0.5) is 0 Å². The van der Waals surface area contributed by atoms with Crippen molar-refractivity contribution >= 4 is 11.3 Å². The van der Waals surface area contributed by atoms with Crippen LogP contribution in [-0.2, 0) is 12.0 Å². The Morgan fingerprint density at radius 3 is 2.67 bits per heavy atom. The quantitative estimate of drug-likeness (QED) is 0.890. The lowest BCUT2D eigenvalue weighted by Gasteiger charge is -2.18. The molecule has 0 aromatic carbocycles. The molecule has 2 aromatic rings. The van der Waals surface area contributed by atoms with Crippen molar-refractivity contribution in [3.05, 3.63) is 35.1 Å². The minimum absolute atomic E-state index is 0.0590. The highest BCUT2D eigenvalue weighted by Crippen LogP contribution is 2.34. The number of nitrogens with one attached hydrogen (secondary N) is 1. The van der Waals surface area contributed by atoms with Gasteiger partial charge in [0.2, 0.25) is 0 Å². The van der Waals surface area contributed by atoms with Gasteiger partial charge in [0.15, 0.2) is 0 Å². The van der Waals surface area contributed by atoms with Crippen LogP contribution in [0.15, 0.2) is 24.5 Å². The first-order chi connectivity index (χ1) is 9.91. The Morgan fingerprint density at radius 1 is 1.33 bits per heavy atom. The zero-order chi connectivity index (χ0) is 15.5. The molecule has 0 spiro atoms. The smallest absolute Gasteiger partial charge is 0.125 e. The predicted octanol–water partition coefficient (Wildman–Crippen LogP) is 4.39. The molecule has 2 heterocycles. The molecule has 1 atom stereocenters. The molecule has 0 aliphatic rings. The highest BCUT2D eigenvalue weighted by Gasteiger charge is 2.23. The highest BCUT2D eigenvalue weighted by molar-refractivity contribution is 7.15. The van der Waals surface area contributed by atoms with Crippen LogP contribution >= 0.6 is 11.3 Å². The standard InChI is InChI=1S/C17H25N3S/c1-6-12(2)19-11-14-15(17(3,4)5)20-16(21-14)13-8-7-9-18-10-13/h7-10,12,19H,6,11H2,1-5H3. The SMILES string of the molecule is CCC(C)NCc1sc(-c2cccnc2)nc1C(C)(C)C. The zero-order valence-electron chi connectivity index (χ0n) is 13.6. The highest BCUT2D eigenvalue weighted by atomic mass is 32.1. The lowest BCUT2D eigenvalue weighted by Crippen LogP contribution is -2.25. The van der Waals surface area contributed by atoms with Gasteiger partial charge in [0.05, 0.1) is 5.69 Å². The van der Waals surface area contributed by atoms with E-state index >= 15 is 0 Å². The van der Waals surface area contributed by atoms with Crippen LogP contribution in [0, 0.1) is 0 Å². The Kier molecular flexibility index (Phi) is 5.12. The molecule has 3 nitrogen and oxygen atoms in total. The van der Waals surface area contributed by atoms with Crippen LogP contribution in [-0.4, -0.2) is 16.0 Å². The minimum Gasteiger partial charge on any atom is -0.309 e. The summed E-state index contributed by atoms with van der Waals surface area (Å²) in [6, 6.07) is 4.57. The van der Waals surface area contributed by atoms with Crippen LogP contribution in [0.1, 0.15) is 51.6 Å². The first-order valence-electron chi connectivity index (χ1n) is 7.55. The third-order valence-electron chi connectivity index (χ3n) is 3.54. The van der Waals surface area contributed by atoms with Crippen molar-refractivity contribution < 1.29 is 0 Å². The van der Waals surface area contributed by atoms with Crippen LogP contribution in [0.25, 0.3) is 10.6 Å². The van der Waals surface area contributed by atoms with Gasteiger partial charge in [-0.25, -0.2) is 4.98 Å². The lowest BCUT2D eigenvalue weighted by molar-refractivity contribution is 0.520. The molecule has 0 aliphatic carbocycles. The average molecular weight is 303 g/mol. The van der Waals surface area contributed by atoms with Crippen LogP contribution in [0.2, 0.25) is 0 Å². The minimum atomic E-state index is 0.0590. The first kappa shape index (κ1) is 16.1. The monoisotopic (exact) mass is 303 g/mol. The van der Waals surface area contributed by atoms with Gasteiger partial charge < -0.3 is 5.32 Å². The zero-order valence-corrected chi connectivity index (χ0v) is 14.4. The molecule has 0 bridgehead atoms. The summed E-state index contributed by atoms with van der Waals surface area (Å²) >= 11 is 1.78. The number of rotatable bonds is 5. The van der Waals surface area contributed by atoms with Crippen LogP contribution < -0.4 is 5.32 Å². The molecule has 1 unspecified atom stereocenters. The Hall–Kier alpha value is -1.26. The molecule has 0 fully saturated rings. The molecule has 0 amide bonds. The molecule has 114 valence electrons. The maximum Gasteiger partial charge on any atom is 0.125 e. The molecule has 1 N–H and O–H groups in total. The molecule has 0 aliphatic heterocycles. The van der Waals surface area contributed by atoms with Crippen molar-refractivity contribution in [2.75, 3.05) is 0 Å². The normalized spacial score (nSPS) is 13.4. The Balaban J connectivity index is 2.32. The number of hydrogen-bond acceptors (Lipinski definition) is 4. The van der Waals surface area contributed by atoms with E-state index in [2.05, 4.69) is 51.0 Å². The van der Waals surface area contributed by atoms with Crippen molar-refractivity contribution in [2.24, 2.45) is 0 Å². The summed E-state index contributed by atoms with van der Waals surface area (Å²) in [5.41, 5.74) is 2.36. The first-order valence-corrected chi connectivity index (χ1v) is 8.37. The second kappa shape index (κ2) is 6.67. The third-order valence-corrected chi connectivity index (χ3v) is 4.64. The molecule has 2 aromatic heterocycles. The van der Waals surface area contributed by atoms with E-state index in [1.54, 1.807) is 17.5 Å². The maximum absolute atomic E-state index is 4.89. The van der Waals surface area contributed by atoms with E-state index in [0.717, 1.165) is 23.5 Å². The number of hydrogen-bond donors (Lipinski definition) is 1. The molecule has 2 rings (SSSR count). The van der Waals surface area contributed by atoms with Gasteiger partial charge in [-0.15, -0.1) is 11.3 Å². The van der Waals surface area contributed by atoms with E-state index < -0.39 is 0 Å². The fraction of sp³-hybridized carbons (Fsp3) is 0.529. The second-order valence-corrected chi connectivity index (χ2v) is 7.56. The van der Waals surface area contributed by atoms with Crippen LogP contribution in [0.5, 0.6) is 0 Å². The van der Waals surface area contributed by atoms with Crippen LogP contribution in [0.3, 0.4) is 0 Å². The van der Waals surface area contributed by atoms with Crippen molar-refractivity contribution in [3.8, 4) is 10.6 Å². The van der Waals surface area contributed by atoms with E-state index in [1.165, 1.54) is 10.6 Å². The molecule has 0 saturated carbocycles. The molecular weight excluding hydrogens is 278 g/mol. The summed E-state index contributed by atoms with van der Waals surface area (Å²) in [4.78, 5) is 10.4. The Morgan fingerprint density at radius 2 is 2.10 bits per heavy atom. The summed E-state index contributed by atoms with van der Waals surface area (Å²) in [6.07, 6.45) is 4.82. The Bertz CT molecular complexity index is 569. The maximum atomic E-state index is 4.89. The Labute approximate surface area is 131 Å². The van der Waals surface area contributed by atoms with Gasteiger partial charge in [-0.1, -0.05) is 27.7 Å². The van der Waals surface area contributed by atoms with Crippen molar-refractivity contribution in [1.29, 1.82) is 0 Å². The summed E-state index contributed by atoms with van der Waals surface area (Å²) in [7, 11) is 0. The van der Waals surface area contributed by atoms with Gasteiger partial charge in [-0.3, -0.25) is 4.98 Å². The summed E-state index contributed by atoms with van der Waals surface area (Å²) in [5.74, 6) is 0. The van der Waals surface area contributed by atoms with Gasteiger partial charge in [0.1, 0.15) is 5.01 Å². The number of nitrogens with zero attached hydrogens (tertiary/aromatic N) is 2. The summed E-state index contributed by atoms with van der Waals surface area (Å²) in [6.45, 7) is 12.0. The fourth-order valence-corrected chi connectivity index (χ4v) is 3.29. The predicted molar refractivity (Wildman–Crippen MR) is 90.6 cm³/mol. The number of thiazole rings is 1. The van der Waals surface area contributed by atoms with E-state index in [1.807, 2.05) is 12.3 Å². The second-order valence-electron chi connectivity index (χ2n) is 6.47. The summed E-state index contributed by atoms with van der Waals surface area (Å²) in [5, 5.41) is 4.64. The largest absolute Gasteiger partial charge is 0.309 e. The molecule has 4 heteroatoms. The van der Waals surface area contributed by atoms with E-state index in [4.69, 9.17) is 4.98 Å². The molecule has 21 heavy (non-hydrogen) atoms. The topological polar surface area (TPSA) is 37.8 Å². The number of pyridine rings is 1. The van der Waals surface area contributed by atoms with E-state index in [9.17, 15) is 0 Å². The van der Waals surface area contributed by atoms with Gasteiger partial charge in [-0.2, -0.15) is 0 Å². The fourth-order valence-electron chi connectivity index (χ4n) is 2.08. The van der Waals surface area contributed by atoms with Gasteiger partial charge in [0, 0.05) is 40.8 Å². The number of aromatic nitrogens is 2. The molecule has 0 radical (unpaired) electrons. The summed E-state index contributed by atoms with van der Waals surface area (Å²) < 4.78 is 0. The van der Waals surface area contributed by atoms with Crippen molar-refractivity contribution in [1.82, 2.24) is 15.3 Å². The van der Waals surface area contributed by atoms with Gasteiger partial charge >= 0.3 is 0 Å². The molecule has 0 saturated heterocycles. The van der Waals surface area contributed by atoms with Crippen molar-refractivity contribution in [3.63, 3.8) is 0 Å². The van der Waals surface area contributed by atoms with Gasteiger partial charge in [0.25, 0.3) is 0 Å². The third kappa shape index (κ3) is 4.11. The van der Waals surface area contributed by atoms with E-state index in [-0.39, 0.29) is 5.41 Å². The van der Waals surface area contributed by atoms with Crippen molar-refractivity contribution in [2.45, 2.75) is 59.0 Å². The molecular formula is C17H25N3S. The lowest BCUT2D eigenvalue weighted by atomic mass is 9.91. The average Bonchev–Trinajstić information content (AvgIpc) is 2.90. The van der Waals surface area contributed by atoms with Gasteiger partial charge in [-0.05, 0) is 25.5 Å².